The maximum atomic E-state index is 15.3. The molecule has 11 heteroatoms. The normalized spacial score (nSPS) is 13.8. The minimum atomic E-state index is -3.27. The zero-order valence-electron chi connectivity index (χ0n) is 18.0. The van der Waals surface area contributed by atoms with Crippen LogP contribution in [-0.2, 0) is 21.2 Å². The van der Waals surface area contributed by atoms with Crippen LogP contribution < -0.4 is 20.9 Å². The molecule has 3 N–H and O–H groups in total. The van der Waals surface area contributed by atoms with Crippen molar-refractivity contribution in [1.82, 2.24) is 5.32 Å². The van der Waals surface area contributed by atoms with Gasteiger partial charge in [0.05, 0.1) is 22.0 Å². The Hall–Kier alpha value is -3.78. The molecule has 1 fully saturated rings. The summed E-state index contributed by atoms with van der Waals surface area (Å²) in [4.78, 5) is 15.7. The molecule has 0 aromatic heterocycles. The molecule has 0 spiro atoms. The molecule has 1 heterocycles. The fourth-order valence-electron chi connectivity index (χ4n) is 3.52. The van der Waals surface area contributed by atoms with Crippen LogP contribution in [0.25, 0.3) is 0 Å². The number of nitriles is 1. The molecule has 0 radical (unpaired) electrons. The van der Waals surface area contributed by atoms with Gasteiger partial charge in [-0.05, 0) is 30.3 Å². The van der Waals surface area contributed by atoms with Crippen molar-refractivity contribution in [3.05, 3.63) is 65.7 Å². The summed E-state index contributed by atoms with van der Waals surface area (Å²) < 4.78 is 43.5. The maximum Gasteiger partial charge on any atom is 0.413 e. The number of carbonyl (C=O) groups excluding carboxylic acids is 1. The maximum absolute atomic E-state index is 15.3. The lowest BCUT2D eigenvalue weighted by Gasteiger charge is -2.38. The molecule has 0 atom stereocenters. The SMILES string of the molecule is C=C(N)NC(=O)OCc1ccc(C#N)c(N2CCN(c3ccc(S(C)(=O)=O)cc3)CC2)c1F. The molecule has 9 nitrogen and oxygen atoms in total. The van der Waals surface area contributed by atoms with Gasteiger partial charge in [-0.1, -0.05) is 12.6 Å². The van der Waals surface area contributed by atoms with Crippen molar-refractivity contribution in [3.63, 3.8) is 0 Å². The van der Waals surface area contributed by atoms with E-state index in [0.717, 1.165) is 11.9 Å². The van der Waals surface area contributed by atoms with E-state index >= 15 is 4.39 Å². The second-order valence-corrected chi connectivity index (χ2v) is 9.53. The highest BCUT2D eigenvalue weighted by Gasteiger charge is 2.24. The van der Waals surface area contributed by atoms with E-state index in [0.29, 0.717) is 26.2 Å². The molecule has 0 saturated carbocycles. The number of sulfone groups is 1. The Kier molecular flexibility index (Phi) is 7.08. The average molecular weight is 474 g/mol. The number of amides is 1. The number of hydrogen-bond acceptors (Lipinski definition) is 8. The van der Waals surface area contributed by atoms with Gasteiger partial charge in [-0.2, -0.15) is 5.26 Å². The monoisotopic (exact) mass is 473 g/mol. The topological polar surface area (TPSA) is 129 Å². The molecule has 1 aliphatic heterocycles. The highest BCUT2D eigenvalue weighted by atomic mass is 32.2. The third-order valence-corrected chi connectivity index (χ3v) is 6.29. The Morgan fingerprint density at radius 1 is 1.18 bits per heavy atom. The molecule has 0 unspecified atom stereocenters. The van der Waals surface area contributed by atoms with Crippen molar-refractivity contribution in [2.24, 2.45) is 5.73 Å². The van der Waals surface area contributed by atoms with Crippen molar-refractivity contribution >= 4 is 27.3 Å². The molecule has 2 aromatic carbocycles. The summed E-state index contributed by atoms with van der Waals surface area (Å²) >= 11 is 0. The molecular formula is C22H24FN5O4S. The molecule has 3 rings (SSSR count). The first-order valence-corrected chi connectivity index (χ1v) is 11.9. The lowest BCUT2D eigenvalue weighted by Crippen LogP contribution is -2.47. The smallest absolute Gasteiger partial charge is 0.413 e. The Balaban J connectivity index is 1.73. The highest BCUT2D eigenvalue weighted by Crippen LogP contribution is 2.29. The van der Waals surface area contributed by atoms with Crippen LogP contribution in [0, 0.1) is 17.1 Å². The third kappa shape index (κ3) is 5.72. The second kappa shape index (κ2) is 9.79. The van der Waals surface area contributed by atoms with Gasteiger partial charge in [-0.25, -0.2) is 17.6 Å². The van der Waals surface area contributed by atoms with Gasteiger partial charge in [0, 0.05) is 43.7 Å². The van der Waals surface area contributed by atoms with Gasteiger partial charge in [0.1, 0.15) is 12.7 Å². The lowest BCUT2D eigenvalue weighted by atomic mass is 10.1. The first kappa shape index (κ1) is 23.9. The molecule has 1 saturated heterocycles. The van der Waals surface area contributed by atoms with E-state index in [2.05, 4.69) is 16.8 Å². The van der Waals surface area contributed by atoms with Crippen LogP contribution in [0.15, 0.2) is 53.7 Å². The molecule has 1 amide bonds. The number of nitrogens with one attached hydrogen (secondary N) is 1. The largest absolute Gasteiger partial charge is 0.444 e. The van der Waals surface area contributed by atoms with Gasteiger partial charge in [-0.3, -0.25) is 5.32 Å². The Morgan fingerprint density at radius 2 is 1.79 bits per heavy atom. The summed E-state index contributed by atoms with van der Waals surface area (Å²) in [6.45, 7) is 4.97. The second-order valence-electron chi connectivity index (χ2n) is 7.51. The number of benzene rings is 2. The van der Waals surface area contributed by atoms with E-state index in [4.69, 9.17) is 10.5 Å². The number of piperazine rings is 1. The van der Waals surface area contributed by atoms with Crippen molar-refractivity contribution in [2.45, 2.75) is 11.5 Å². The number of nitrogens with zero attached hydrogens (tertiary/aromatic N) is 3. The fraction of sp³-hybridized carbons (Fsp3) is 0.273. The predicted octanol–water partition coefficient (Wildman–Crippen LogP) is 2.08. The lowest BCUT2D eigenvalue weighted by molar-refractivity contribution is 0.141. The first-order valence-electron chi connectivity index (χ1n) is 10.00. The van der Waals surface area contributed by atoms with Gasteiger partial charge in [0.15, 0.2) is 15.7 Å². The van der Waals surface area contributed by atoms with Crippen LogP contribution in [0.2, 0.25) is 0 Å². The van der Waals surface area contributed by atoms with Crippen LogP contribution in [0.4, 0.5) is 20.6 Å². The quantitative estimate of drug-likeness (QED) is 0.653. The van der Waals surface area contributed by atoms with Crippen molar-refractivity contribution in [3.8, 4) is 6.07 Å². The number of carbonyl (C=O) groups is 1. The molecule has 2 aromatic rings. The zero-order chi connectivity index (χ0) is 24.2. The standard InChI is InChI=1S/C22H24FN5O4S/c1-15(25)26-22(29)32-14-17-4-3-16(13-24)21(20(17)23)28-11-9-27(10-12-28)18-5-7-19(8-6-18)33(2,30)31/h3-8H,1,9-12,14,25H2,2H3,(H,26,29). The summed E-state index contributed by atoms with van der Waals surface area (Å²) in [5.41, 5.74) is 6.61. The van der Waals surface area contributed by atoms with E-state index in [9.17, 15) is 18.5 Å². The van der Waals surface area contributed by atoms with Crippen LogP contribution in [0.1, 0.15) is 11.1 Å². The minimum absolute atomic E-state index is 0.0928. The number of hydrogen-bond donors (Lipinski definition) is 2. The van der Waals surface area contributed by atoms with Gasteiger partial charge < -0.3 is 20.3 Å². The number of anilines is 2. The Labute approximate surface area is 191 Å². The van der Waals surface area contributed by atoms with Gasteiger partial charge in [0.25, 0.3) is 0 Å². The predicted molar refractivity (Wildman–Crippen MR) is 122 cm³/mol. The van der Waals surface area contributed by atoms with E-state index < -0.39 is 21.7 Å². The number of alkyl carbamates (subject to hydrolysis) is 1. The zero-order valence-corrected chi connectivity index (χ0v) is 18.9. The molecule has 1 aliphatic rings. The molecule has 0 bridgehead atoms. The molecule has 0 aliphatic carbocycles. The summed E-state index contributed by atoms with van der Waals surface area (Å²) in [6, 6.07) is 11.5. The number of halogens is 1. The summed E-state index contributed by atoms with van der Waals surface area (Å²) in [7, 11) is -3.27. The minimum Gasteiger partial charge on any atom is -0.444 e. The van der Waals surface area contributed by atoms with Crippen molar-refractivity contribution in [2.75, 3.05) is 42.2 Å². The first-order chi connectivity index (χ1) is 15.6. The molecular weight excluding hydrogens is 449 g/mol. The van der Waals surface area contributed by atoms with E-state index in [-0.39, 0.29) is 34.1 Å². The van der Waals surface area contributed by atoms with E-state index in [1.165, 1.54) is 12.1 Å². The van der Waals surface area contributed by atoms with Crippen LogP contribution in [-0.4, -0.2) is 46.9 Å². The number of nitrogens with two attached hydrogens (primary N) is 1. The number of rotatable bonds is 6. The number of ether oxygens (including phenoxy) is 1. The van der Waals surface area contributed by atoms with Gasteiger partial charge in [-0.15, -0.1) is 0 Å². The van der Waals surface area contributed by atoms with Crippen LogP contribution >= 0.6 is 0 Å². The third-order valence-electron chi connectivity index (χ3n) is 5.16. The average Bonchev–Trinajstić information content (AvgIpc) is 2.77. The van der Waals surface area contributed by atoms with Gasteiger partial charge in [0.2, 0.25) is 0 Å². The highest BCUT2D eigenvalue weighted by molar-refractivity contribution is 7.90. The van der Waals surface area contributed by atoms with Crippen molar-refractivity contribution in [1.29, 1.82) is 5.26 Å². The summed E-state index contributed by atoms with van der Waals surface area (Å²) in [6.07, 6.45) is 0.297. The Bertz CT molecular complexity index is 1200. The summed E-state index contributed by atoms with van der Waals surface area (Å²) in [5, 5.41) is 11.6. The van der Waals surface area contributed by atoms with Gasteiger partial charge >= 0.3 is 6.09 Å². The van der Waals surface area contributed by atoms with E-state index in [1.54, 1.807) is 29.2 Å². The van der Waals surface area contributed by atoms with Crippen molar-refractivity contribution < 1.29 is 22.3 Å². The molecule has 33 heavy (non-hydrogen) atoms. The van der Waals surface area contributed by atoms with E-state index in [1.807, 2.05) is 6.07 Å². The van der Waals surface area contributed by atoms with Crippen LogP contribution in [0.5, 0.6) is 0 Å². The fourth-order valence-corrected chi connectivity index (χ4v) is 4.15. The Morgan fingerprint density at radius 3 is 2.33 bits per heavy atom. The van der Waals surface area contributed by atoms with Crippen LogP contribution in [0.3, 0.4) is 0 Å². The molecule has 174 valence electrons. The summed E-state index contributed by atoms with van der Waals surface area (Å²) in [5.74, 6) is -0.718.